The van der Waals surface area contributed by atoms with Crippen LogP contribution in [0.2, 0.25) is 0 Å². The van der Waals surface area contributed by atoms with Crippen LogP contribution in [0.5, 0.6) is 0 Å². The van der Waals surface area contributed by atoms with Crippen molar-refractivity contribution in [3.05, 3.63) is 11.5 Å². The Kier molecular flexibility index (Phi) is 4.27. The molecule has 0 aliphatic heterocycles. The predicted molar refractivity (Wildman–Crippen MR) is 83.6 cm³/mol. The molecule has 6 nitrogen and oxygen atoms in total. The van der Waals surface area contributed by atoms with Crippen molar-refractivity contribution in [3.8, 4) is 0 Å². The Balaban J connectivity index is 2.72. The monoisotopic (exact) mass is 311 g/mol. The Bertz CT molecular complexity index is 670. The molecular formula is C14H22ClN5O. The maximum absolute atomic E-state index is 12.4. The number of aromatic nitrogens is 4. The Hall–Kier alpha value is -1.56. The average Bonchev–Trinajstić information content (AvgIpc) is 2.95. The molecule has 0 aliphatic rings. The van der Waals surface area contributed by atoms with Crippen molar-refractivity contribution >= 4 is 28.7 Å². The second kappa shape index (κ2) is 5.67. The van der Waals surface area contributed by atoms with E-state index in [4.69, 9.17) is 11.6 Å². The second-order valence-electron chi connectivity index (χ2n) is 5.46. The fourth-order valence-electron chi connectivity index (χ4n) is 2.60. The minimum atomic E-state index is -0.374. The van der Waals surface area contributed by atoms with E-state index in [-0.39, 0.29) is 17.3 Å². The van der Waals surface area contributed by atoms with Crippen molar-refractivity contribution in [2.24, 2.45) is 7.05 Å². The predicted octanol–water partition coefficient (Wildman–Crippen LogP) is 2.28. The fourth-order valence-corrected chi connectivity index (χ4v) is 2.76. The highest BCUT2D eigenvalue weighted by atomic mass is 35.5. The first-order chi connectivity index (χ1) is 9.79. The number of imidazole rings is 1. The van der Waals surface area contributed by atoms with Crippen molar-refractivity contribution in [1.82, 2.24) is 24.2 Å². The van der Waals surface area contributed by atoms with Crippen LogP contribution in [0.1, 0.15) is 43.7 Å². The van der Waals surface area contributed by atoms with E-state index in [0.29, 0.717) is 5.82 Å². The number of carbonyl (C=O) groups is 1. The molecule has 7 heteroatoms. The third kappa shape index (κ3) is 2.52. The highest BCUT2D eigenvalue weighted by molar-refractivity contribution is 6.20. The number of nitrogens with zero attached hydrogens (tertiary/aromatic N) is 5. The Morgan fingerprint density at radius 3 is 2.48 bits per heavy atom. The summed E-state index contributed by atoms with van der Waals surface area (Å²) in [6.45, 7) is 5.77. The van der Waals surface area contributed by atoms with Crippen LogP contribution in [-0.2, 0) is 18.3 Å². The molecule has 0 saturated heterocycles. The molecule has 0 radical (unpaired) electrons. The van der Waals surface area contributed by atoms with Crippen LogP contribution in [0.15, 0.2) is 0 Å². The van der Waals surface area contributed by atoms with Gasteiger partial charge in [-0.25, -0.2) is 4.98 Å². The number of aryl methyl sites for hydroxylation is 2. The molecule has 116 valence electrons. The Labute approximate surface area is 129 Å². The van der Waals surface area contributed by atoms with Gasteiger partial charge in [-0.05, 0) is 20.3 Å². The standard InChI is InChI=1S/C14H22ClN5O/c1-7-10-11-13(19(6)17-10)20(12(16-11)8(2)15)9(3)14(21)18(4)5/h8-9H,7H2,1-6H3. The number of amides is 1. The summed E-state index contributed by atoms with van der Waals surface area (Å²) < 4.78 is 3.69. The Morgan fingerprint density at radius 2 is 2.00 bits per heavy atom. The van der Waals surface area contributed by atoms with Gasteiger partial charge >= 0.3 is 0 Å². The topological polar surface area (TPSA) is 56.0 Å². The van der Waals surface area contributed by atoms with E-state index in [9.17, 15) is 4.79 Å². The van der Waals surface area contributed by atoms with E-state index in [2.05, 4.69) is 10.1 Å². The number of alkyl halides is 1. The molecule has 0 bridgehead atoms. The van der Waals surface area contributed by atoms with Gasteiger partial charge in [-0.2, -0.15) is 5.10 Å². The maximum Gasteiger partial charge on any atom is 0.244 e. The van der Waals surface area contributed by atoms with Crippen molar-refractivity contribution in [2.75, 3.05) is 14.1 Å². The number of hydrogen-bond donors (Lipinski definition) is 0. The van der Waals surface area contributed by atoms with Gasteiger partial charge in [-0.3, -0.25) is 14.0 Å². The summed E-state index contributed by atoms with van der Waals surface area (Å²) >= 11 is 6.28. The number of likely N-dealkylation sites (N-methyl/N-ethyl adjacent to an activating group) is 1. The van der Waals surface area contributed by atoms with E-state index in [1.807, 2.05) is 32.4 Å². The van der Waals surface area contributed by atoms with E-state index in [0.717, 1.165) is 23.3 Å². The summed E-state index contributed by atoms with van der Waals surface area (Å²) in [5.74, 6) is 0.712. The van der Waals surface area contributed by atoms with E-state index in [1.165, 1.54) is 0 Å². The van der Waals surface area contributed by atoms with Crippen LogP contribution < -0.4 is 0 Å². The first-order valence-electron chi connectivity index (χ1n) is 7.08. The number of carbonyl (C=O) groups excluding carboxylic acids is 1. The minimum absolute atomic E-state index is 0.00659. The van der Waals surface area contributed by atoms with Crippen LogP contribution in [0.4, 0.5) is 0 Å². The minimum Gasteiger partial charge on any atom is -0.347 e. The zero-order valence-electron chi connectivity index (χ0n) is 13.4. The van der Waals surface area contributed by atoms with Crippen LogP contribution in [0.3, 0.4) is 0 Å². The highest BCUT2D eigenvalue weighted by Crippen LogP contribution is 2.30. The van der Waals surface area contributed by atoms with Gasteiger partial charge in [0.2, 0.25) is 5.91 Å². The molecule has 21 heavy (non-hydrogen) atoms. The van der Waals surface area contributed by atoms with Crippen molar-refractivity contribution in [3.63, 3.8) is 0 Å². The largest absolute Gasteiger partial charge is 0.347 e. The third-order valence-electron chi connectivity index (χ3n) is 3.64. The summed E-state index contributed by atoms with van der Waals surface area (Å²) in [6, 6.07) is -0.374. The Morgan fingerprint density at radius 1 is 1.38 bits per heavy atom. The fraction of sp³-hybridized carbons (Fsp3) is 0.643. The molecule has 2 atom stereocenters. The molecule has 2 aromatic heterocycles. The summed E-state index contributed by atoms with van der Waals surface area (Å²) in [6.07, 6.45) is 0.792. The zero-order valence-corrected chi connectivity index (χ0v) is 14.1. The lowest BCUT2D eigenvalue weighted by atomic mass is 10.2. The lowest BCUT2D eigenvalue weighted by molar-refractivity contribution is -0.131. The van der Waals surface area contributed by atoms with Crippen molar-refractivity contribution in [2.45, 2.75) is 38.6 Å². The number of halogens is 1. The average molecular weight is 312 g/mol. The van der Waals surface area contributed by atoms with Gasteiger partial charge < -0.3 is 4.90 Å². The van der Waals surface area contributed by atoms with Crippen LogP contribution in [-0.4, -0.2) is 44.2 Å². The van der Waals surface area contributed by atoms with Crippen molar-refractivity contribution in [1.29, 1.82) is 0 Å². The lowest BCUT2D eigenvalue weighted by Gasteiger charge is -2.21. The van der Waals surface area contributed by atoms with Crippen molar-refractivity contribution < 1.29 is 4.79 Å². The maximum atomic E-state index is 12.4. The first-order valence-corrected chi connectivity index (χ1v) is 7.52. The summed E-state index contributed by atoms with van der Waals surface area (Å²) in [5, 5.41) is 4.20. The van der Waals surface area contributed by atoms with Gasteiger partial charge in [-0.15, -0.1) is 11.6 Å². The molecule has 0 N–H and O–H groups in total. The van der Waals surface area contributed by atoms with Gasteiger partial charge in [0.05, 0.1) is 11.1 Å². The molecule has 0 saturated carbocycles. The molecule has 2 unspecified atom stereocenters. The highest BCUT2D eigenvalue weighted by Gasteiger charge is 2.27. The van der Waals surface area contributed by atoms with E-state index >= 15 is 0 Å². The van der Waals surface area contributed by atoms with E-state index in [1.54, 1.807) is 23.7 Å². The molecule has 0 spiro atoms. The molecule has 0 aliphatic carbocycles. The molecular weight excluding hydrogens is 290 g/mol. The molecule has 2 heterocycles. The molecule has 0 aromatic carbocycles. The van der Waals surface area contributed by atoms with Gasteiger partial charge in [-0.1, -0.05) is 6.92 Å². The SMILES string of the molecule is CCc1nn(C)c2c1nc(C(C)Cl)n2C(C)C(=O)N(C)C. The summed E-state index contributed by atoms with van der Waals surface area (Å²) in [7, 11) is 5.37. The first kappa shape index (κ1) is 15.8. The third-order valence-corrected chi connectivity index (χ3v) is 3.84. The van der Waals surface area contributed by atoms with Gasteiger partial charge in [0, 0.05) is 21.1 Å². The van der Waals surface area contributed by atoms with Crippen LogP contribution >= 0.6 is 11.6 Å². The van der Waals surface area contributed by atoms with E-state index < -0.39 is 0 Å². The quantitative estimate of drug-likeness (QED) is 0.814. The van der Waals surface area contributed by atoms with Gasteiger partial charge in [0.1, 0.15) is 17.4 Å². The van der Waals surface area contributed by atoms with Gasteiger partial charge in [0.15, 0.2) is 5.65 Å². The molecule has 2 rings (SSSR count). The molecule has 1 amide bonds. The molecule has 2 aromatic rings. The summed E-state index contributed by atoms with van der Waals surface area (Å²) in [4.78, 5) is 18.6. The van der Waals surface area contributed by atoms with Crippen LogP contribution in [0, 0.1) is 0 Å². The smallest absolute Gasteiger partial charge is 0.244 e. The molecule has 0 fully saturated rings. The number of hydrogen-bond acceptors (Lipinski definition) is 3. The normalized spacial score (nSPS) is 14.4. The summed E-state index contributed by atoms with van der Waals surface area (Å²) in [5.41, 5.74) is 2.60. The second-order valence-corrected chi connectivity index (χ2v) is 6.12. The zero-order chi connectivity index (χ0) is 15.9. The van der Waals surface area contributed by atoms with Gasteiger partial charge in [0.25, 0.3) is 0 Å². The number of rotatable bonds is 4. The number of fused-ring (bicyclic) bond motifs is 1. The lowest BCUT2D eigenvalue weighted by Crippen LogP contribution is -2.31. The van der Waals surface area contributed by atoms with Crippen LogP contribution in [0.25, 0.3) is 11.2 Å².